The van der Waals surface area contributed by atoms with Gasteiger partial charge >= 0.3 is 0 Å². The molecule has 20 fully saturated rings. The summed E-state index contributed by atoms with van der Waals surface area (Å²) in [4.78, 5) is 87.6. The first-order valence-corrected chi connectivity index (χ1v) is 63.7. The lowest BCUT2D eigenvalue weighted by molar-refractivity contribution is -0.166. The van der Waals surface area contributed by atoms with Crippen molar-refractivity contribution >= 4 is 48.8 Å². The Kier molecular flexibility index (Phi) is 24.6. The molecular formula is C130H216N2O11Si. The van der Waals surface area contributed by atoms with E-state index in [1.165, 1.54) is 152 Å². The lowest BCUT2D eigenvalue weighted by atomic mass is 9.41. The Hall–Kier alpha value is -4.31. The topological polar surface area (TPSA) is 237 Å². The summed E-state index contributed by atoms with van der Waals surface area (Å²) >= 11 is 0. The molecule has 0 radical (unpaired) electrons. The van der Waals surface area contributed by atoms with Gasteiger partial charge < -0.3 is 19.7 Å². The third-order valence-corrected chi connectivity index (χ3v) is 54.9. The maximum Gasteiger partial charge on any atom is 0.184 e. The van der Waals surface area contributed by atoms with Crippen LogP contribution >= 0.6 is 0 Å². The van der Waals surface area contributed by atoms with Crippen molar-refractivity contribution in [2.45, 2.75) is 479 Å². The molecule has 144 heavy (non-hydrogen) atoms. The highest BCUT2D eigenvalue weighted by Gasteiger charge is 2.71. The molecule has 0 spiro atoms. The van der Waals surface area contributed by atoms with Crippen LogP contribution in [0.2, 0.25) is 19.6 Å². The molecule has 0 amide bonds. The minimum Gasteiger partial charge on any atom is -0.414 e. The number of ketones is 7. The smallest absolute Gasteiger partial charge is 0.184 e. The van der Waals surface area contributed by atoms with Crippen LogP contribution in [-0.2, 0) is 38.0 Å². The number of nitrogens with zero attached hydrogens (tertiary/aromatic N) is 2. The first kappa shape index (κ1) is 96.7. The molecule has 0 aliphatic heterocycles. The summed E-state index contributed by atoms with van der Waals surface area (Å²) in [6.07, 6.45) is 57.8. The van der Waals surface area contributed by atoms with Crippen molar-refractivity contribution in [1.29, 1.82) is 10.5 Å². The Bertz CT molecular complexity index is 5370. The summed E-state index contributed by atoms with van der Waals surface area (Å²) in [6, 6.07) is 4.42. The summed E-state index contributed by atoms with van der Waals surface area (Å²) in [5.41, 5.74) is 4.67. The van der Waals surface area contributed by atoms with Gasteiger partial charge in [-0.3, -0.25) is 33.6 Å². The third kappa shape index (κ3) is 16.2. The number of hydrogen-bond acceptors (Lipinski definition) is 13. The number of hydrogen-bond donors (Lipinski definition) is 3. The first-order valence-electron chi connectivity index (χ1n) is 69.2. The van der Waals surface area contributed by atoms with Gasteiger partial charge in [0.05, 0.1) is 35.6 Å². The number of rotatable bonds is 2. The number of fused-ring (bicyclic) bond motifs is 30. The molecule has 24 aliphatic rings. The summed E-state index contributed by atoms with van der Waals surface area (Å²) in [5, 5.41) is 50.6. The van der Waals surface area contributed by atoms with Gasteiger partial charge in [0.25, 0.3) is 0 Å². The molecule has 1 unspecified atom stereocenters. The average Bonchev–Trinajstić information content (AvgIpc) is 1.72. The maximum atomic E-state index is 12.8. The molecular weight excluding hydrogens is 1790 g/mol. The molecule has 24 rings (SSSR count). The fraction of sp³-hybridized carbons (Fsp3) is 0.869. The molecule has 0 saturated heterocycles. The van der Waals surface area contributed by atoms with Gasteiger partial charge in [-0.15, -0.1) is 0 Å². The van der Waals surface area contributed by atoms with Crippen molar-refractivity contribution in [1.82, 2.24) is 0 Å². The summed E-state index contributed by atoms with van der Waals surface area (Å²) in [7, 11) is -1.50. The van der Waals surface area contributed by atoms with E-state index >= 15 is 0 Å². The molecule has 39 atom stereocenters. The van der Waals surface area contributed by atoms with Crippen LogP contribution in [0.3, 0.4) is 0 Å². The predicted molar refractivity (Wildman–Crippen MR) is 595 cm³/mol. The summed E-state index contributed by atoms with van der Waals surface area (Å²) in [5.74, 6) is 18.0. The number of carbonyl (C=O) groups excluding carboxylic acids is 7. The Morgan fingerprint density at radius 2 is 0.694 bits per heavy atom. The van der Waals surface area contributed by atoms with Gasteiger partial charge in [0, 0.05) is 91.3 Å². The molecule has 0 aromatic rings. The van der Waals surface area contributed by atoms with Crippen LogP contribution in [0.4, 0.5) is 0 Å². The molecule has 3 N–H and O–H groups in total. The van der Waals surface area contributed by atoms with E-state index in [9.17, 15) is 59.4 Å². The largest absolute Gasteiger partial charge is 0.414 e. The van der Waals surface area contributed by atoms with Gasteiger partial charge in [-0.1, -0.05) is 175 Å². The number of aliphatic hydroxyl groups excluding tert-OH is 3. The van der Waals surface area contributed by atoms with Crippen molar-refractivity contribution in [3.63, 3.8) is 0 Å². The van der Waals surface area contributed by atoms with Crippen molar-refractivity contribution < 1.29 is 80.0 Å². The fourth-order valence-corrected chi connectivity index (χ4v) is 46.7. The van der Waals surface area contributed by atoms with Gasteiger partial charge in [0.15, 0.2) is 25.7 Å². The Morgan fingerprint density at radius 1 is 0.326 bits per heavy atom. The standard InChI is InChI=1S/C24H42O2Si.C23H33NO.C22H29NO2.C21H34O2.C21H32O2.C19H28O2.9H2/c1-22(2)19-10-8-16-17-9-11-21(26-27(5,6)7)24(17,4)14-12-18(16)23(19,3)15-13-20(22)25;1-14-6-8-17-16-7-9-19-21(2,3)20(25)15(13-24)12-23(19,5)18(16)10-11-22(14,17)4;1-20(2)17-7-5-14-15-6-8-18(24)21(15,3)10-9-16(14)22(17,4)11-13(12-23)19(20)25;2*1-19(2)16-7-5-13-14-6-8-18(23)21(14,4)11-9-15(13)20(16,3)12-10-17(19)22;1-18-9-7-13(20)11-12(18)3-4-14-15-5-6-17(21)19(15,2)10-8-16(14)18;;;;;;;;;/h16-19,21H,8-15H2,1-7H3;12,14,16-19H,6-11H2,1-5H3;11,14-17H,5-10H2,1-4H3;13-16,18,23H,5-12H2,1-4H3;7,13-15,18,23H,5-6,8-12H2,1-4H3;11,14-17,21H,3-10H2,1-2H3;9*1H/t16-,17-,18-,19-,21-,23+,24-;14?,16-,17-,18-,19-,22+,23+;14-,15-,16-,17-,21-,22+;13-,14-,15-,16-,18-,20+,21-;13-,14-,15-,18-,20+,21-;14-,15-,16-,17-,18-,19-;;;;;;;;;/m000000........./s1/i;;;;;;9*1+1D. The van der Waals surface area contributed by atoms with Crippen molar-refractivity contribution in [2.75, 3.05) is 0 Å². The first-order chi connectivity index (χ1) is 76.1. The predicted octanol–water partition coefficient (Wildman–Crippen LogP) is 31.7. The van der Waals surface area contributed by atoms with Crippen LogP contribution in [0.15, 0.2) is 46.6 Å². The van der Waals surface area contributed by atoms with E-state index < -0.39 is 19.1 Å². The van der Waals surface area contributed by atoms with Crippen LogP contribution in [0, 0.1) is 251 Å². The van der Waals surface area contributed by atoms with E-state index in [1.54, 1.807) is 0 Å². The second kappa shape index (κ2) is 36.7. The lowest BCUT2D eigenvalue weighted by Gasteiger charge is -2.63. The van der Waals surface area contributed by atoms with E-state index in [4.69, 9.17) is 31.2 Å². The van der Waals surface area contributed by atoms with Crippen LogP contribution in [-0.4, -0.2) is 88.5 Å². The molecule has 0 aromatic heterocycles. The number of aliphatic hydroxyl groups is 3. The van der Waals surface area contributed by atoms with Crippen LogP contribution in [0.5, 0.6) is 0 Å². The monoisotopic (exact) mass is 2030 g/mol. The Morgan fingerprint density at radius 3 is 1.18 bits per heavy atom. The SMILES string of the molecule is CC1(C)C(=O)C(C#N)=C[C@]2(C)[C@H]3CC[C@]4(C)C(=O)CC[C@H]4[C@@H]3CC[C@@H]12.CC1(C)C(=O)CC[C@@]2(C)C1=CC[C@H]1[C@@H]3CC[C@H](O)[C@@]3(C)CC[C@@H]12.CC1(C)C(=O)CC[C@]2(C)[C@H]3CC[C@]4(C)[C@@H](O)CC[C@H]4[C@@H]3CC[C@@H]12.CC1(C)C(=O)CC[C@]2(C)[C@H]3CC[C@]4(C)[C@@H](O[Si](C)(C)C)CC[C@H]4[C@@H]3CC[C@@H]12.CC1CC[C@H]2[C@@H]3CC[C@H]4C(C)(C)C(=O)C(C#N)=C[C@]4(C)[C@H]3CC[C@]12C.C[C@]12CC[C@H]3[C@@H](CCC4=CC(=O)CC[C@@]43C)[C@@H]1CC[C@@H]2O.[2H][2H].[2H][2H].[2H][2H].[2H][2H].[2H][2H].[2H][2H].[2H][2H].[2H][2H].[2H][2H]. The van der Waals surface area contributed by atoms with E-state index in [1.807, 2.05) is 26.0 Å². The third-order valence-electron chi connectivity index (χ3n) is 53.9. The zero-order valence-corrected chi connectivity index (χ0v) is 96.3. The lowest BCUT2D eigenvalue weighted by Crippen LogP contribution is -2.58. The van der Waals surface area contributed by atoms with Gasteiger partial charge in [-0.2, -0.15) is 10.5 Å². The zero-order valence-electron chi connectivity index (χ0n) is 113. The summed E-state index contributed by atoms with van der Waals surface area (Å²) in [6.45, 7) is 59.9. The second-order valence-corrected chi connectivity index (χ2v) is 66.3. The highest BCUT2D eigenvalue weighted by Crippen LogP contribution is 2.77. The molecule has 0 bridgehead atoms. The number of nitriles is 2. The second-order valence-electron chi connectivity index (χ2n) is 61.9. The zero-order chi connectivity index (χ0) is 122. The molecule has 816 valence electrons. The van der Waals surface area contributed by atoms with E-state index in [2.05, 4.69) is 189 Å². The Labute approximate surface area is 901 Å². The highest BCUT2D eigenvalue weighted by atomic mass is 28.4. The van der Waals surface area contributed by atoms with Crippen LogP contribution in [0.25, 0.3) is 0 Å². The quantitative estimate of drug-likeness (QED) is 0.172. The molecule has 13 nitrogen and oxygen atoms in total. The van der Waals surface area contributed by atoms with Gasteiger partial charge in [0.1, 0.15) is 35.3 Å². The number of Topliss-reactive ketones (excluding diaryl/α,β-unsaturated/α-hetero) is 6. The van der Waals surface area contributed by atoms with E-state index in [-0.39, 0.29) is 89.4 Å². The van der Waals surface area contributed by atoms with Crippen LogP contribution in [0.1, 0.15) is 462 Å². The number of allylic oxidation sites excluding steroid dienone is 7. The summed E-state index contributed by atoms with van der Waals surface area (Å²) < 4.78 is 96.7. The molecule has 20 saturated carbocycles. The fourth-order valence-electron chi connectivity index (χ4n) is 45.5. The van der Waals surface area contributed by atoms with Gasteiger partial charge in [-0.05, 0) is 479 Å². The van der Waals surface area contributed by atoms with Crippen molar-refractivity contribution in [3.8, 4) is 12.1 Å². The maximum absolute atomic E-state index is 12.8. The highest BCUT2D eigenvalue weighted by molar-refractivity contribution is 6.69. The van der Waals surface area contributed by atoms with Crippen molar-refractivity contribution in [2.24, 2.45) is 228 Å². The molecule has 24 aliphatic carbocycles. The molecule has 14 heteroatoms. The minimum absolute atomic E-state index is 0.0124. The normalized spacial score (nSPS) is 51.6. The Balaban J connectivity index is 0.000000191. The molecule has 0 heterocycles. The van der Waals surface area contributed by atoms with Gasteiger partial charge in [0.2, 0.25) is 0 Å². The van der Waals surface area contributed by atoms with Crippen LogP contribution < -0.4 is 0 Å². The average molecular weight is 2030 g/mol. The van der Waals surface area contributed by atoms with E-state index in [0.29, 0.717) is 139 Å². The molecule has 0 aromatic carbocycles. The number of carbonyl (C=O) groups is 7. The van der Waals surface area contributed by atoms with E-state index in [0.717, 1.165) is 200 Å². The van der Waals surface area contributed by atoms with Crippen molar-refractivity contribution in [3.05, 3.63) is 46.6 Å². The minimum atomic E-state index is -1.50. The van der Waals surface area contributed by atoms with Gasteiger partial charge in [-0.25, -0.2) is 0 Å².